The van der Waals surface area contributed by atoms with Crippen LogP contribution in [0.5, 0.6) is 0 Å². The number of anilines is 1. The lowest BCUT2D eigenvalue weighted by molar-refractivity contribution is -0.124. The predicted octanol–water partition coefficient (Wildman–Crippen LogP) is 0.785. The minimum atomic E-state index is -0.182. The smallest absolute Gasteiger partial charge is 0.243 e. The van der Waals surface area contributed by atoms with E-state index in [9.17, 15) is 9.59 Å². The maximum Gasteiger partial charge on any atom is 0.243 e. The number of aliphatic hydroxyl groups excluding tert-OH is 1. The van der Waals surface area contributed by atoms with Gasteiger partial charge >= 0.3 is 0 Å². The topological polar surface area (TPSA) is 57.6 Å². The van der Waals surface area contributed by atoms with Crippen molar-refractivity contribution in [2.45, 2.75) is 6.61 Å². The molecule has 5 heteroatoms. The molecule has 0 unspecified atom stereocenters. The van der Waals surface area contributed by atoms with Gasteiger partial charge in [-0.1, -0.05) is 12.1 Å². The van der Waals surface area contributed by atoms with Gasteiger partial charge < -0.3 is 5.11 Å². The second-order valence-electron chi connectivity index (χ2n) is 3.44. The number of thioether (sulfide) groups is 1. The lowest BCUT2D eigenvalue weighted by Crippen LogP contribution is -2.43. The van der Waals surface area contributed by atoms with Crippen LogP contribution in [-0.4, -0.2) is 28.4 Å². The molecule has 84 valence electrons. The Morgan fingerprint density at radius 1 is 1.12 bits per heavy atom. The molecule has 0 atom stereocenters. The van der Waals surface area contributed by atoms with E-state index in [-0.39, 0.29) is 18.4 Å². The van der Waals surface area contributed by atoms with Gasteiger partial charge in [-0.25, -0.2) is 4.90 Å². The first-order chi connectivity index (χ1) is 7.72. The number of carbonyl (C=O) groups is 2. The van der Waals surface area contributed by atoms with Crippen LogP contribution in [0.3, 0.4) is 0 Å². The molecule has 2 amide bonds. The Morgan fingerprint density at radius 2 is 1.69 bits per heavy atom. The zero-order valence-corrected chi connectivity index (χ0v) is 9.37. The molecule has 0 aliphatic carbocycles. The average molecular weight is 237 g/mol. The van der Waals surface area contributed by atoms with E-state index in [2.05, 4.69) is 0 Å². The van der Waals surface area contributed by atoms with Gasteiger partial charge in [0.2, 0.25) is 11.8 Å². The quantitative estimate of drug-likeness (QED) is 0.772. The first-order valence-corrected chi connectivity index (χ1v) is 6.01. The summed E-state index contributed by atoms with van der Waals surface area (Å²) in [5, 5.41) is 8.89. The number of imide groups is 1. The van der Waals surface area contributed by atoms with Crippen LogP contribution in [0.25, 0.3) is 0 Å². The minimum absolute atomic E-state index is 0.0436. The summed E-state index contributed by atoms with van der Waals surface area (Å²) < 4.78 is 0. The monoisotopic (exact) mass is 237 g/mol. The van der Waals surface area contributed by atoms with Crippen LogP contribution in [-0.2, 0) is 16.2 Å². The van der Waals surface area contributed by atoms with Gasteiger partial charge in [0, 0.05) is 0 Å². The third-order valence-electron chi connectivity index (χ3n) is 2.33. The number of aliphatic hydroxyl groups is 1. The summed E-state index contributed by atoms with van der Waals surface area (Å²) in [7, 11) is 0. The Balaban J connectivity index is 2.27. The number of hydrogen-bond donors (Lipinski definition) is 1. The molecule has 16 heavy (non-hydrogen) atoms. The fourth-order valence-electron chi connectivity index (χ4n) is 1.53. The Bertz CT molecular complexity index is 400. The van der Waals surface area contributed by atoms with Crippen LogP contribution >= 0.6 is 11.8 Å². The van der Waals surface area contributed by atoms with E-state index in [4.69, 9.17) is 5.11 Å². The van der Waals surface area contributed by atoms with Crippen LogP contribution in [0.2, 0.25) is 0 Å². The van der Waals surface area contributed by atoms with Gasteiger partial charge in [-0.05, 0) is 17.7 Å². The number of nitrogens with zero attached hydrogens (tertiary/aromatic N) is 1. The lowest BCUT2D eigenvalue weighted by Gasteiger charge is -2.24. The molecule has 1 aliphatic heterocycles. The van der Waals surface area contributed by atoms with Gasteiger partial charge in [0.25, 0.3) is 0 Å². The van der Waals surface area contributed by atoms with E-state index in [0.29, 0.717) is 17.2 Å². The van der Waals surface area contributed by atoms with E-state index in [0.717, 1.165) is 5.56 Å². The Hall–Kier alpha value is -1.33. The van der Waals surface area contributed by atoms with Crippen LogP contribution < -0.4 is 4.90 Å². The number of carbonyl (C=O) groups excluding carboxylic acids is 2. The van der Waals surface area contributed by atoms with Crippen LogP contribution in [0.15, 0.2) is 24.3 Å². The maximum atomic E-state index is 11.6. The lowest BCUT2D eigenvalue weighted by atomic mass is 10.2. The highest BCUT2D eigenvalue weighted by Crippen LogP contribution is 2.21. The Morgan fingerprint density at radius 3 is 2.19 bits per heavy atom. The van der Waals surface area contributed by atoms with Crippen molar-refractivity contribution in [3.8, 4) is 0 Å². The van der Waals surface area contributed by atoms with Crippen molar-refractivity contribution >= 4 is 29.3 Å². The van der Waals surface area contributed by atoms with Crippen molar-refractivity contribution in [2.24, 2.45) is 0 Å². The summed E-state index contributed by atoms with van der Waals surface area (Å²) in [5.41, 5.74) is 1.34. The van der Waals surface area contributed by atoms with Gasteiger partial charge in [-0.15, -0.1) is 11.8 Å². The number of hydrogen-bond acceptors (Lipinski definition) is 4. The van der Waals surface area contributed by atoms with E-state index < -0.39 is 0 Å². The van der Waals surface area contributed by atoms with Crippen molar-refractivity contribution in [1.82, 2.24) is 0 Å². The van der Waals surface area contributed by atoms with Crippen LogP contribution in [0, 0.1) is 0 Å². The highest BCUT2D eigenvalue weighted by atomic mass is 32.2. The normalized spacial score (nSPS) is 16.7. The van der Waals surface area contributed by atoms with Gasteiger partial charge in [-0.2, -0.15) is 0 Å². The van der Waals surface area contributed by atoms with Crippen molar-refractivity contribution in [3.63, 3.8) is 0 Å². The molecule has 0 aromatic heterocycles. The third-order valence-corrected chi connectivity index (χ3v) is 3.23. The van der Waals surface area contributed by atoms with Crippen LogP contribution in [0.4, 0.5) is 5.69 Å². The largest absolute Gasteiger partial charge is 0.392 e. The van der Waals surface area contributed by atoms with Gasteiger partial charge in [0.1, 0.15) is 0 Å². The van der Waals surface area contributed by atoms with Crippen molar-refractivity contribution < 1.29 is 14.7 Å². The molecule has 1 aliphatic rings. The Labute approximate surface area is 97.3 Å². The van der Waals surface area contributed by atoms with Crippen molar-refractivity contribution in [2.75, 3.05) is 16.4 Å². The highest BCUT2D eigenvalue weighted by molar-refractivity contribution is 8.00. The third kappa shape index (κ3) is 2.10. The fourth-order valence-corrected chi connectivity index (χ4v) is 2.24. The Kier molecular flexibility index (Phi) is 3.26. The molecular formula is C11H11NO3S. The van der Waals surface area contributed by atoms with E-state index in [1.54, 1.807) is 24.3 Å². The summed E-state index contributed by atoms with van der Waals surface area (Å²) in [6, 6.07) is 6.77. The number of benzene rings is 1. The van der Waals surface area contributed by atoms with E-state index in [1.807, 2.05) is 0 Å². The predicted molar refractivity (Wildman–Crippen MR) is 62.2 cm³/mol. The molecule has 0 saturated carbocycles. The van der Waals surface area contributed by atoms with Crippen LogP contribution in [0.1, 0.15) is 5.56 Å². The molecule has 1 aromatic carbocycles. The van der Waals surface area contributed by atoms with Crippen molar-refractivity contribution in [1.29, 1.82) is 0 Å². The molecular weight excluding hydrogens is 226 g/mol. The summed E-state index contributed by atoms with van der Waals surface area (Å²) in [4.78, 5) is 24.4. The molecule has 0 radical (unpaired) electrons. The molecule has 1 fully saturated rings. The van der Waals surface area contributed by atoms with E-state index in [1.165, 1.54) is 16.7 Å². The molecule has 4 nitrogen and oxygen atoms in total. The summed E-state index contributed by atoms with van der Waals surface area (Å²) >= 11 is 1.34. The molecule has 0 bridgehead atoms. The molecule has 1 aromatic rings. The molecule has 1 saturated heterocycles. The second kappa shape index (κ2) is 4.67. The molecule has 2 rings (SSSR count). The van der Waals surface area contributed by atoms with Crippen molar-refractivity contribution in [3.05, 3.63) is 29.8 Å². The SMILES string of the molecule is O=C1CSCC(=O)N1c1ccc(CO)cc1. The maximum absolute atomic E-state index is 11.6. The number of amides is 2. The zero-order valence-electron chi connectivity index (χ0n) is 8.55. The summed E-state index contributed by atoms with van der Waals surface area (Å²) in [6.45, 7) is -0.0436. The molecule has 0 spiro atoms. The zero-order chi connectivity index (χ0) is 11.5. The average Bonchev–Trinajstić information content (AvgIpc) is 2.30. The van der Waals surface area contributed by atoms with E-state index >= 15 is 0 Å². The first kappa shape index (κ1) is 11.2. The molecule has 1 N–H and O–H groups in total. The number of rotatable bonds is 2. The minimum Gasteiger partial charge on any atom is -0.392 e. The first-order valence-electron chi connectivity index (χ1n) is 4.85. The van der Waals surface area contributed by atoms with Gasteiger partial charge in [0.05, 0.1) is 23.8 Å². The second-order valence-corrected chi connectivity index (χ2v) is 4.43. The highest BCUT2D eigenvalue weighted by Gasteiger charge is 2.27. The fraction of sp³-hybridized carbons (Fsp3) is 0.273. The van der Waals surface area contributed by atoms with Gasteiger partial charge in [-0.3, -0.25) is 9.59 Å². The summed E-state index contributed by atoms with van der Waals surface area (Å²) in [6.07, 6.45) is 0. The standard InChI is InChI=1S/C11H11NO3S/c13-5-8-1-3-9(4-2-8)12-10(14)6-16-7-11(12)15/h1-4,13H,5-7H2. The van der Waals surface area contributed by atoms with Gasteiger partial charge in [0.15, 0.2) is 0 Å². The summed E-state index contributed by atoms with van der Waals surface area (Å²) in [5.74, 6) is 0.317. The molecule has 1 heterocycles.